The molecule has 1 atom stereocenters. The lowest BCUT2D eigenvalue weighted by atomic mass is 9.93. The van der Waals surface area contributed by atoms with E-state index in [0.29, 0.717) is 12.8 Å². The Labute approximate surface area is 89.2 Å². The summed E-state index contributed by atoms with van der Waals surface area (Å²) >= 11 is 0. The second-order valence-corrected chi connectivity index (χ2v) is 6.59. The van der Waals surface area contributed by atoms with Crippen molar-refractivity contribution in [2.75, 3.05) is 11.5 Å². The zero-order chi connectivity index (χ0) is 11.1. The number of hydrogen-bond acceptors (Lipinski definition) is 4. The highest BCUT2D eigenvalue weighted by Crippen LogP contribution is 2.24. The van der Waals surface area contributed by atoms with Crippen LogP contribution in [0.5, 0.6) is 0 Å². The summed E-state index contributed by atoms with van der Waals surface area (Å²) in [5.74, 6) is 0.304. The number of sulfone groups is 1. The first-order valence-electron chi connectivity index (χ1n) is 4.85. The number of nitrogens with zero attached hydrogens (tertiary/aromatic N) is 2. The Hall–Kier alpha value is -0.880. The number of rotatable bonds is 2. The average molecular weight is 229 g/mol. The van der Waals surface area contributed by atoms with Crippen molar-refractivity contribution in [1.29, 1.82) is 0 Å². The number of aromatic nitrogens is 2. The van der Waals surface area contributed by atoms with Gasteiger partial charge in [0.05, 0.1) is 17.7 Å². The molecule has 1 unspecified atom stereocenters. The molecule has 0 amide bonds. The smallest absolute Gasteiger partial charge is 0.152 e. The maximum absolute atomic E-state index is 11.3. The van der Waals surface area contributed by atoms with Crippen molar-refractivity contribution in [3.8, 4) is 0 Å². The van der Waals surface area contributed by atoms with E-state index in [1.165, 1.54) is 0 Å². The molecular formula is C9H15N3O2S. The molecule has 0 aliphatic carbocycles. The van der Waals surface area contributed by atoms with E-state index in [1.807, 2.05) is 13.2 Å². The third-order valence-electron chi connectivity index (χ3n) is 2.73. The minimum atomic E-state index is -2.92. The fourth-order valence-corrected chi connectivity index (χ4v) is 4.03. The third-order valence-corrected chi connectivity index (χ3v) is 4.57. The Morgan fingerprint density at radius 2 is 2.40 bits per heavy atom. The molecule has 0 aromatic carbocycles. The topological polar surface area (TPSA) is 78.0 Å². The molecule has 1 aromatic heterocycles. The van der Waals surface area contributed by atoms with Gasteiger partial charge in [-0.25, -0.2) is 8.42 Å². The molecule has 1 aliphatic rings. The van der Waals surface area contributed by atoms with E-state index in [2.05, 4.69) is 5.10 Å². The lowest BCUT2D eigenvalue weighted by molar-refractivity contribution is 0.476. The summed E-state index contributed by atoms with van der Waals surface area (Å²) in [6.45, 7) is 0. The molecule has 1 aliphatic heterocycles. The fourth-order valence-electron chi connectivity index (χ4n) is 2.05. The normalized spacial score (nSPS) is 29.5. The molecule has 84 valence electrons. The van der Waals surface area contributed by atoms with Crippen LogP contribution in [-0.4, -0.2) is 35.2 Å². The number of aryl methyl sites for hydroxylation is 1. The molecule has 1 fully saturated rings. The molecule has 1 saturated heterocycles. The highest BCUT2D eigenvalue weighted by atomic mass is 32.2. The quantitative estimate of drug-likeness (QED) is 0.740. The molecule has 0 saturated carbocycles. The molecule has 0 spiro atoms. The Morgan fingerprint density at radius 1 is 1.67 bits per heavy atom. The van der Waals surface area contributed by atoms with Crippen molar-refractivity contribution >= 4 is 9.84 Å². The van der Waals surface area contributed by atoms with Crippen LogP contribution in [0.1, 0.15) is 12.0 Å². The Balaban J connectivity index is 2.13. The molecule has 15 heavy (non-hydrogen) atoms. The lowest BCUT2D eigenvalue weighted by Crippen LogP contribution is -2.43. The van der Waals surface area contributed by atoms with Crippen LogP contribution in [0.4, 0.5) is 0 Å². The van der Waals surface area contributed by atoms with Gasteiger partial charge in [0, 0.05) is 18.8 Å². The Kier molecular flexibility index (Phi) is 2.35. The van der Waals surface area contributed by atoms with Crippen LogP contribution in [0.2, 0.25) is 0 Å². The molecular weight excluding hydrogens is 214 g/mol. The zero-order valence-corrected chi connectivity index (χ0v) is 9.50. The van der Waals surface area contributed by atoms with Crippen LogP contribution in [-0.2, 0) is 23.3 Å². The molecule has 6 heteroatoms. The van der Waals surface area contributed by atoms with E-state index in [1.54, 1.807) is 10.9 Å². The molecule has 2 N–H and O–H groups in total. The van der Waals surface area contributed by atoms with Gasteiger partial charge >= 0.3 is 0 Å². The van der Waals surface area contributed by atoms with Gasteiger partial charge in [-0.2, -0.15) is 5.10 Å². The molecule has 0 radical (unpaired) electrons. The monoisotopic (exact) mass is 229 g/mol. The predicted octanol–water partition coefficient (Wildman–Crippen LogP) is -0.521. The van der Waals surface area contributed by atoms with Crippen LogP contribution in [0, 0.1) is 0 Å². The second kappa shape index (κ2) is 3.31. The molecule has 2 heterocycles. The van der Waals surface area contributed by atoms with Gasteiger partial charge in [-0.15, -0.1) is 0 Å². The number of hydrogen-bond donors (Lipinski definition) is 1. The first-order chi connectivity index (χ1) is 6.89. The highest BCUT2D eigenvalue weighted by Gasteiger charge is 2.39. The van der Waals surface area contributed by atoms with Crippen molar-refractivity contribution in [1.82, 2.24) is 9.78 Å². The van der Waals surface area contributed by atoms with Crippen LogP contribution >= 0.6 is 0 Å². The van der Waals surface area contributed by atoms with Gasteiger partial charge in [-0.05, 0) is 18.4 Å². The van der Waals surface area contributed by atoms with Gasteiger partial charge in [0.25, 0.3) is 0 Å². The van der Waals surface area contributed by atoms with Crippen LogP contribution in [0.25, 0.3) is 0 Å². The summed E-state index contributed by atoms with van der Waals surface area (Å²) < 4.78 is 24.4. The van der Waals surface area contributed by atoms with Crippen molar-refractivity contribution in [2.24, 2.45) is 12.8 Å². The van der Waals surface area contributed by atoms with Crippen LogP contribution in [0.3, 0.4) is 0 Å². The minimum Gasteiger partial charge on any atom is -0.324 e. The van der Waals surface area contributed by atoms with E-state index in [9.17, 15) is 8.42 Å². The van der Waals surface area contributed by atoms with Gasteiger partial charge in [0.2, 0.25) is 0 Å². The Morgan fingerprint density at radius 3 is 2.87 bits per heavy atom. The maximum Gasteiger partial charge on any atom is 0.152 e. The molecule has 2 rings (SSSR count). The van der Waals surface area contributed by atoms with E-state index in [-0.39, 0.29) is 11.5 Å². The SMILES string of the molecule is Cn1cc(CC2(N)CCS(=O)(=O)C2)cn1. The van der Waals surface area contributed by atoms with Crippen molar-refractivity contribution in [3.05, 3.63) is 18.0 Å². The van der Waals surface area contributed by atoms with Gasteiger partial charge in [0.15, 0.2) is 9.84 Å². The van der Waals surface area contributed by atoms with E-state index < -0.39 is 15.4 Å². The molecule has 5 nitrogen and oxygen atoms in total. The lowest BCUT2D eigenvalue weighted by Gasteiger charge is -2.20. The number of nitrogens with two attached hydrogens (primary N) is 1. The molecule has 1 aromatic rings. The maximum atomic E-state index is 11.3. The Bertz CT molecular complexity index is 465. The van der Waals surface area contributed by atoms with E-state index in [0.717, 1.165) is 5.56 Å². The first kappa shape index (κ1) is 10.6. The van der Waals surface area contributed by atoms with Gasteiger partial charge in [-0.1, -0.05) is 0 Å². The molecule has 0 bridgehead atoms. The van der Waals surface area contributed by atoms with Gasteiger partial charge in [0.1, 0.15) is 0 Å². The van der Waals surface area contributed by atoms with Crippen LogP contribution < -0.4 is 5.73 Å². The van der Waals surface area contributed by atoms with E-state index in [4.69, 9.17) is 5.73 Å². The summed E-state index contributed by atoms with van der Waals surface area (Å²) in [4.78, 5) is 0. The second-order valence-electron chi connectivity index (χ2n) is 4.40. The highest BCUT2D eigenvalue weighted by molar-refractivity contribution is 7.91. The van der Waals surface area contributed by atoms with E-state index >= 15 is 0 Å². The summed E-state index contributed by atoms with van der Waals surface area (Å²) in [6.07, 6.45) is 4.74. The first-order valence-corrected chi connectivity index (χ1v) is 6.68. The van der Waals surface area contributed by atoms with Crippen LogP contribution in [0.15, 0.2) is 12.4 Å². The van der Waals surface area contributed by atoms with Crippen molar-refractivity contribution in [3.63, 3.8) is 0 Å². The summed E-state index contributed by atoms with van der Waals surface area (Å²) in [5.41, 5.74) is 6.46. The van der Waals surface area contributed by atoms with Crippen molar-refractivity contribution in [2.45, 2.75) is 18.4 Å². The average Bonchev–Trinajstić information content (AvgIpc) is 2.57. The summed E-state index contributed by atoms with van der Waals surface area (Å²) in [6, 6.07) is 0. The standard InChI is InChI=1S/C9H15N3O2S/c1-12-6-8(5-11-12)4-9(10)2-3-15(13,14)7-9/h5-6H,2-4,7,10H2,1H3. The van der Waals surface area contributed by atoms with Crippen molar-refractivity contribution < 1.29 is 8.42 Å². The largest absolute Gasteiger partial charge is 0.324 e. The predicted molar refractivity (Wildman–Crippen MR) is 57.1 cm³/mol. The van der Waals surface area contributed by atoms with Gasteiger partial charge < -0.3 is 5.73 Å². The third kappa shape index (κ3) is 2.38. The minimum absolute atomic E-state index is 0.0922. The summed E-state index contributed by atoms with van der Waals surface area (Å²) in [5, 5.41) is 4.04. The zero-order valence-electron chi connectivity index (χ0n) is 8.68. The van der Waals surface area contributed by atoms with Gasteiger partial charge in [-0.3, -0.25) is 4.68 Å². The summed E-state index contributed by atoms with van der Waals surface area (Å²) in [7, 11) is -1.09. The fraction of sp³-hybridized carbons (Fsp3) is 0.667.